The van der Waals surface area contributed by atoms with Crippen LogP contribution in [0.5, 0.6) is 5.75 Å². The van der Waals surface area contributed by atoms with Crippen LogP contribution in [0, 0.1) is 5.82 Å². The molecule has 1 aliphatic heterocycles. The Morgan fingerprint density at radius 3 is 2.86 bits per heavy atom. The lowest BCUT2D eigenvalue weighted by molar-refractivity contribution is -0.140. The van der Waals surface area contributed by atoms with Gasteiger partial charge in [-0.25, -0.2) is 14.4 Å². The summed E-state index contributed by atoms with van der Waals surface area (Å²) in [6, 6.07) is 2.81. The van der Waals surface area contributed by atoms with Crippen molar-refractivity contribution in [3.05, 3.63) is 45.2 Å². The zero-order valence-corrected chi connectivity index (χ0v) is 16.4. The van der Waals surface area contributed by atoms with Crippen molar-refractivity contribution in [1.29, 1.82) is 0 Å². The maximum atomic E-state index is 13.8. The van der Waals surface area contributed by atoms with Crippen LogP contribution < -0.4 is 15.4 Å². The molecule has 2 N–H and O–H groups in total. The highest BCUT2D eigenvalue weighted by molar-refractivity contribution is 7.09. The van der Waals surface area contributed by atoms with Gasteiger partial charge in [0.1, 0.15) is 16.6 Å². The molecule has 2 aromatic rings. The minimum Gasteiger partial charge on any atom is -0.467 e. The van der Waals surface area contributed by atoms with Crippen LogP contribution in [0.15, 0.2) is 22.5 Å². The summed E-state index contributed by atoms with van der Waals surface area (Å²) in [6.07, 6.45) is -3.99. The van der Waals surface area contributed by atoms with Crippen molar-refractivity contribution in [2.45, 2.75) is 32.7 Å². The number of hydrogen-bond acceptors (Lipinski definition) is 5. The molecule has 3 rings (SSSR count). The average molecular weight is 432 g/mol. The van der Waals surface area contributed by atoms with Gasteiger partial charge in [0.25, 0.3) is 0 Å². The Balaban J connectivity index is 1.61. The topological polar surface area (TPSA) is 67.8 Å². The summed E-state index contributed by atoms with van der Waals surface area (Å²) in [5, 5.41) is 7.35. The van der Waals surface area contributed by atoms with E-state index in [0.29, 0.717) is 49.0 Å². The molecule has 6 nitrogen and oxygen atoms in total. The molecule has 0 unspecified atom stereocenters. The van der Waals surface area contributed by atoms with Gasteiger partial charge in [-0.05, 0) is 31.0 Å². The summed E-state index contributed by atoms with van der Waals surface area (Å²) >= 11 is 0.910. The van der Waals surface area contributed by atoms with Crippen LogP contribution in [0.25, 0.3) is 0 Å². The number of aliphatic imine (C=N–C) groups is 1. The number of fused-ring (bicyclic) bond motifs is 1. The molecule has 0 fully saturated rings. The number of nitrogens with one attached hydrogen (secondary N) is 2. The maximum Gasteiger partial charge on any atom is 0.434 e. The highest BCUT2D eigenvalue weighted by Gasteiger charge is 2.33. The normalized spacial score (nSPS) is 14.3. The fraction of sp³-hybridized carbons (Fsp3) is 0.444. The monoisotopic (exact) mass is 432 g/mol. The van der Waals surface area contributed by atoms with Gasteiger partial charge in [-0.3, -0.25) is 0 Å². The molecule has 1 aromatic heterocycles. The Morgan fingerprint density at radius 1 is 1.31 bits per heavy atom. The van der Waals surface area contributed by atoms with Gasteiger partial charge < -0.3 is 20.1 Å². The number of guanidine groups is 1. The van der Waals surface area contributed by atoms with Gasteiger partial charge in [-0.1, -0.05) is 0 Å². The molecule has 2 heterocycles. The van der Waals surface area contributed by atoms with Crippen molar-refractivity contribution < 1.29 is 27.0 Å². The number of thiazole rings is 1. The van der Waals surface area contributed by atoms with Crippen molar-refractivity contribution in [3.63, 3.8) is 0 Å². The largest absolute Gasteiger partial charge is 0.467 e. The van der Waals surface area contributed by atoms with Gasteiger partial charge in [0.2, 0.25) is 0 Å². The molecule has 0 amide bonds. The molecule has 0 saturated carbocycles. The first-order chi connectivity index (χ1) is 13.9. The summed E-state index contributed by atoms with van der Waals surface area (Å²) in [6.45, 7) is 3.32. The fourth-order valence-electron chi connectivity index (χ4n) is 2.76. The van der Waals surface area contributed by atoms with E-state index in [1.165, 1.54) is 12.1 Å². The van der Waals surface area contributed by atoms with E-state index in [4.69, 9.17) is 9.47 Å². The van der Waals surface area contributed by atoms with Gasteiger partial charge in [-0.15, -0.1) is 11.3 Å². The van der Waals surface area contributed by atoms with Crippen LogP contribution in [-0.2, 0) is 30.5 Å². The van der Waals surface area contributed by atoms with Crippen LogP contribution in [0.4, 0.5) is 17.6 Å². The molecule has 0 aliphatic carbocycles. The van der Waals surface area contributed by atoms with E-state index in [-0.39, 0.29) is 24.2 Å². The van der Waals surface area contributed by atoms with Gasteiger partial charge in [-0.2, -0.15) is 13.2 Å². The van der Waals surface area contributed by atoms with Gasteiger partial charge in [0.15, 0.2) is 18.4 Å². The molecule has 0 bridgehead atoms. The summed E-state index contributed by atoms with van der Waals surface area (Å²) < 4.78 is 62.4. The lowest BCUT2D eigenvalue weighted by atomic mass is 10.1. The van der Waals surface area contributed by atoms with E-state index in [9.17, 15) is 17.6 Å². The van der Waals surface area contributed by atoms with Gasteiger partial charge >= 0.3 is 6.18 Å². The lowest BCUT2D eigenvalue weighted by Gasteiger charge is -2.21. The molecule has 29 heavy (non-hydrogen) atoms. The lowest BCUT2D eigenvalue weighted by Crippen LogP contribution is -2.38. The number of benzene rings is 1. The first-order valence-electron chi connectivity index (χ1n) is 8.92. The zero-order valence-electron chi connectivity index (χ0n) is 15.6. The van der Waals surface area contributed by atoms with E-state index >= 15 is 0 Å². The average Bonchev–Trinajstić information content (AvgIpc) is 3.15. The third-order valence-corrected chi connectivity index (χ3v) is 4.83. The van der Waals surface area contributed by atoms with Crippen LogP contribution >= 0.6 is 11.3 Å². The van der Waals surface area contributed by atoms with Gasteiger partial charge in [0.05, 0.1) is 13.2 Å². The summed E-state index contributed by atoms with van der Waals surface area (Å²) in [7, 11) is 0. The Bertz CT molecular complexity index is 870. The third-order valence-electron chi connectivity index (χ3n) is 4.00. The molecule has 0 spiro atoms. The number of rotatable bonds is 6. The summed E-state index contributed by atoms with van der Waals surface area (Å²) in [5.41, 5.74) is 0.461. The number of nitrogens with zero attached hydrogens (tertiary/aromatic N) is 2. The molecular formula is C18H20F4N4O2S. The highest BCUT2D eigenvalue weighted by atomic mass is 32.1. The molecule has 0 atom stereocenters. The number of halogens is 4. The summed E-state index contributed by atoms with van der Waals surface area (Å²) in [5.74, 6) is 0.701. The molecule has 0 radical (unpaired) electrons. The van der Waals surface area contributed by atoms with Crippen LogP contribution in [-0.4, -0.2) is 30.8 Å². The second-order valence-electron chi connectivity index (χ2n) is 6.16. The molecular weight excluding hydrogens is 412 g/mol. The molecule has 1 aliphatic rings. The smallest absolute Gasteiger partial charge is 0.434 e. The number of hydrogen-bond donors (Lipinski definition) is 2. The second kappa shape index (κ2) is 9.40. The fourth-order valence-corrected chi connectivity index (χ4v) is 3.48. The Hall–Kier alpha value is -2.40. The quantitative estimate of drug-likeness (QED) is 0.416. The van der Waals surface area contributed by atoms with Crippen LogP contribution in [0.3, 0.4) is 0 Å². The van der Waals surface area contributed by atoms with Crippen molar-refractivity contribution in [2.24, 2.45) is 4.99 Å². The van der Waals surface area contributed by atoms with E-state index < -0.39 is 11.9 Å². The third kappa shape index (κ3) is 5.80. The first-order valence-corrected chi connectivity index (χ1v) is 9.80. The van der Waals surface area contributed by atoms with Crippen molar-refractivity contribution in [3.8, 4) is 5.75 Å². The number of alkyl halides is 3. The molecule has 11 heteroatoms. The minimum absolute atomic E-state index is 0.0197. The predicted octanol–water partition coefficient (Wildman–Crippen LogP) is 3.47. The van der Waals surface area contributed by atoms with E-state index in [0.717, 1.165) is 16.7 Å². The molecule has 158 valence electrons. The standard InChI is InChI=1S/C18H20F4N4O2S/c1-2-23-17(25-7-15-26-14(9-29-15)18(20,21)22)24-4-3-11-5-13(19)6-12-8-27-10-28-16(11)12/h5-6,9H,2-4,7-8,10H2,1H3,(H2,23,24,25). The molecule has 1 aromatic carbocycles. The Morgan fingerprint density at radius 2 is 2.14 bits per heavy atom. The van der Waals surface area contributed by atoms with E-state index in [1.54, 1.807) is 0 Å². The minimum atomic E-state index is -4.46. The highest BCUT2D eigenvalue weighted by Crippen LogP contribution is 2.30. The maximum absolute atomic E-state index is 13.8. The van der Waals surface area contributed by atoms with Gasteiger partial charge in [0, 0.05) is 24.0 Å². The zero-order chi connectivity index (χ0) is 20.9. The first kappa shape index (κ1) is 21.3. The van der Waals surface area contributed by atoms with Crippen molar-refractivity contribution in [1.82, 2.24) is 15.6 Å². The van der Waals surface area contributed by atoms with Crippen LogP contribution in [0.1, 0.15) is 28.8 Å². The Labute approximate surface area is 169 Å². The molecule has 0 saturated heterocycles. The Kier molecular flexibility index (Phi) is 6.91. The summed E-state index contributed by atoms with van der Waals surface area (Å²) in [4.78, 5) is 7.83. The second-order valence-corrected chi connectivity index (χ2v) is 7.10. The van der Waals surface area contributed by atoms with Crippen LogP contribution in [0.2, 0.25) is 0 Å². The number of aromatic nitrogens is 1. The number of ether oxygens (including phenoxy) is 2. The predicted molar refractivity (Wildman–Crippen MR) is 100 cm³/mol. The SMILES string of the molecule is CCNC(=NCc1nc(C(F)(F)F)cs1)NCCc1cc(F)cc2c1OCOC2. The van der Waals surface area contributed by atoms with E-state index in [1.807, 2.05) is 6.92 Å². The van der Waals surface area contributed by atoms with Crippen molar-refractivity contribution in [2.75, 3.05) is 19.9 Å². The van der Waals surface area contributed by atoms with Crippen molar-refractivity contribution >= 4 is 17.3 Å². The van der Waals surface area contributed by atoms with E-state index in [2.05, 4.69) is 20.6 Å².